The normalized spacial score (nSPS) is 11.2. The molecule has 0 heterocycles. The molecule has 2 heteroatoms. The van der Waals surface area contributed by atoms with Crippen molar-refractivity contribution in [3.8, 4) is 12.3 Å². The smallest absolute Gasteiger partial charge is 0.0500 e. The number of ether oxygens (including phenoxy) is 1. The second-order valence-electron chi connectivity index (χ2n) is 3.25. The van der Waals surface area contributed by atoms with Crippen molar-refractivity contribution in [1.82, 2.24) is 0 Å². The molecule has 1 aromatic rings. The lowest BCUT2D eigenvalue weighted by atomic mass is 10.1. The summed E-state index contributed by atoms with van der Waals surface area (Å²) in [5.41, 5.74) is 1.90. The van der Waals surface area contributed by atoms with Gasteiger partial charge in [0.1, 0.15) is 0 Å². The van der Waals surface area contributed by atoms with E-state index in [0.29, 0.717) is 6.61 Å². The zero-order valence-corrected chi connectivity index (χ0v) is 10.1. The van der Waals surface area contributed by atoms with E-state index >= 15 is 0 Å². The molecule has 0 atom stereocenters. The largest absolute Gasteiger partial charge is 0.381 e. The van der Waals surface area contributed by atoms with E-state index in [0.717, 1.165) is 29.2 Å². The van der Waals surface area contributed by atoms with Gasteiger partial charge in [-0.25, -0.2) is 0 Å². The van der Waals surface area contributed by atoms with E-state index in [4.69, 9.17) is 22.8 Å². The highest BCUT2D eigenvalue weighted by Crippen LogP contribution is 2.17. The van der Waals surface area contributed by atoms with E-state index in [9.17, 15) is 0 Å². The van der Waals surface area contributed by atoms with Crippen molar-refractivity contribution in [2.24, 2.45) is 0 Å². The van der Waals surface area contributed by atoms with Gasteiger partial charge >= 0.3 is 0 Å². The zero-order valence-electron chi connectivity index (χ0n) is 9.37. The van der Waals surface area contributed by atoms with Crippen LogP contribution < -0.4 is 0 Å². The Morgan fingerprint density at radius 1 is 1.44 bits per heavy atom. The monoisotopic (exact) mass is 234 g/mol. The minimum atomic E-state index is 0.704. The Morgan fingerprint density at radius 2 is 2.12 bits per heavy atom. The van der Waals surface area contributed by atoms with Crippen LogP contribution in [0.15, 0.2) is 30.3 Å². The Balaban J connectivity index is 2.67. The number of hydrogen-bond acceptors (Lipinski definition) is 1. The first-order valence-corrected chi connectivity index (χ1v) is 5.66. The number of rotatable bonds is 5. The number of benzene rings is 1. The average Bonchev–Trinajstić information content (AvgIpc) is 2.31. The molecule has 0 aromatic heterocycles. The topological polar surface area (TPSA) is 9.23 Å². The minimum absolute atomic E-state index is 0.704. The van der Waals surface area contributed by atoms with E-state index < -0.39 is 0 Å². The molecular weight excluding hydrogens is 220 g/mol. The van der Waals surface area contributed by atoms with Crippen molar-refractivity contribution in [3.05, 3.63) is 40.9 Å². The summed E-state index contributed by atoms with van der Waals surface area (Å²) in [6.45, 7) is 3.42. The Hall–Kier alpha value is -1.23. The maximum atomic E-state index is 5.81. The van der Waals surface area contributed by atoms with Gasteiger partial charge in [0, 0.05) is 17.2 Å². The zero-order chi connectivity index (χ0) is 11.8. The number of terminal acetylenes is 1. The molecule has 0 radical (unpaired) electrons. The molecule has 0 fully saturated rings. The van der Waals surface area contributed by atoms with E-state index in [-0.39, 0.29) is 0 Å². The predicted octanol–water partition coefficient (Wildman–Crippen LogP) is 3.78. The molecule has 0 amide bonds. The molecule has 1 rings (SSSR count). The molecule has 0 saturated carbocycles. The van der Waals surface area contributed by atoms with Crippen molar-refractivity contribution < 1.29 is 4.74 Å². The van der Waals surface area contributed by atoms with Crippen molar-refractivity contribution in [1.29, 1.82) is 0 Å². The van der Waals surface area contributed by atoms with Gasteiger partial charge in [-0.05, 0) is 31.0 Å². The van der Waals surface area contributed by atoms with E-state index in [1.807, 2.05) is 37.3 Å². The van der Waals surface area contributed by atoms with Crippen LogP contribution in [0.5, 0.6) is 0 Å². The Labute approximate surface area is 102 Å². The summed E-state index contributed by atoms with van der Waals surface area (Å²) in [7, 11) is 0. The summed E-state index contributed by atoms with van der Waals surface area (Å²) in [5, 5.41) is 0.717. The van der Waals surface area contributed by atoms with E-state index in [1.165, 1.54) is 0 Å². The van der Waals surface area contributed by atoms with Crippen LogP contribution in [-0.4, -0.2) is 13.2 Å². The minimum Gasteiger partial charge on any atom is -0.381 e. The first kappa shape index (κ1) is 12.8. The Kier molecular flexibility index (Phi) is 5.71. The van der Waals surface area contributed by atoms with Gasteiger partial charge in [0.2, 0.25) is 0 Å². The third-order valence-electron chi connectivity index (χ3n) is 2.13. The Bertz CT molecular complexity index is 384. The molecule has 0 spiro atoms. The lowest BCUT2D eigenvalue weighted by Gasteiger charge is -2.01. The van der Waals surface area contributed by atoms with Crippen LogP contribution in [0, 0.1) is 12.3 Å². The fraction of sp³-hybridized carbons (Fsp3) is 0.286. The number of allylic oxidation sites excluding steroid dienone is 1. The molecule has 0 saturated heterocycles. The first-order chi connectivity index (χ1) is 7.77. The summed E-state index contributed by atoms with van der Waals surface area (Å²) in [5.74, 6) is 2.68. The standard InChI is InChI=1S/C14H15ClO/c1-3-12(6-5-11-16-4-2)13-7-9-14(15)10-8-13/h1,6-10H,4-5,11H2,2H3/b12-6+. The fourth-order valence-electron chi connectivity index (χ4n) is 1.32. The van der Waals surface area contributed by atoms with E-state index in [1.54, 1.807) is 0 Å². The fourth-order valence-corrected chi connectivity index (χ4v) is 1.45. The summed E-state index contributed by atoms with van der Waals surface area (Å²) >= 11 is 5.81. The maximum Gasteiger partial charge on any atom is 0.0500 e. The van der Waals surface area contributed by atoms with Crippen LogP contribution in [0.1, 0.15) is 18.9 Å². The second kappa shape index (κ2) is 7.11. The van der Waals surface area contributed by atoms with Crippen molar-refractivity contribution >= 4 is 17.2 Å². The van der Waals surface area contributed by atoms with Gasteiger partial charge in [-0.3, -0.25) is 0 Å². The SMILES string of the molecule is C#C/C(=C\CCOCC)c1ccc(Cl)cc1. The number of halogens is 1. The molecule has 0 N–H and O–H groups in total. The molecular formula is C14H15ClO. The third kappa shape index (κ3) is 4.10. The molecule has 0 aliphatic heterocycles. The molecule has 0 unspecified atom stereocenters. The summed E-state index contributed by atoms with van der Waals surface area (Å²) in [6.07, 6.45) is 8.31. The average molecular weight is 235 g/mol. The summed E-state index contributed by atoms with van der Waals surface area (Å²) in [6, 6.07) is 7.53. The maximum absolute atomic E-state index is 5.81. The molecule has 0 bridgehead atoms. The van der Waals surface area contributed by atoms with Crippen LogP contribution in [-0.2, 0) is 4.74 Å². The predicted molar refractivity (Wildman–Crippen MR) is 69.4 cm³/mol. The van der Waals surface area contributed by atoms with Crippen molar-refractivity contribution in [2.45, 2.75) is 13.3 Å². The van der Waals surface area contributed by atoms with Gasteiger partial charge in [0.05, 0.1) is 6.61 Å². The third-order valence-corrected chi connectivity index (χ3v) is 2.38. The van der Waals surface area contributed by atoms with Gasteiger partial charge in [-0.1, -0.05) is 35.7 Å². The summed E-state index contributed by atoms with van der Waals surface area (Å²) < 4.78 is 5.25. The number of hydrogen-bond donors (Lipinski definition) is 0. The van der Waals surface area contributed by atoms with Crippen molar-refractivity contribution in [2.75, 3.05) is 13.2 Å². The molecule has 1 nitrogen and oxygen atoms in total. The van der Waals surface area contributed by atoms with Crippen LogP contribution in [0.25, 0.3) is 5.57 Å². The van der Waals surface area contributed by atoms with Crippen LogP contribution >= 0.6 is 11.6 Å². The van der Waals surface area contributed by atoms with Gasteiger partial charge in [0.25, 0.3) is 0 Å². The first-order valence-electron chi connectivity index (χ1n) is 5.28. The lowest BCUT2D eigenvalue weighted by Crippen LogP contribution is -1.91. The van der Waals surface area contributed by atoms with Crippen LogP contribution in [0.4, 0.5) is 0 Å². The highest BCUT2D eigenvalue weighted by molar-refractivity contribution is 6.30. The van der Waals surface area contributed by atoms with Gasteiger partial charge in [-0.2, -0.15) is 0 Å². The van der Waals surface area contributed by atoms with Gasteiger partial charge in [0.15, 0.2) is 0 Å². The van der Waals surface area contributed by atoms with Crippen molar-refractivity contribution in [3.63, 3.8) is 0 Å². The Morgan fingerprint density at radius 3 is 2.69 bits per heavy atom. The highest BCUT2D eigenvalue weighted by Gasteiger charge is 1.97. The quantitative estimate of drug-likeness (QED) is 0.557. The summed E-state index contributed by atoms with van der Waals surface area (Å²) in [4.78, 5) is 0. The molecule has 16 heavy (non-hydrogen) atoms. The van der Waals surface area contributed by atoms with Gasteiger partial charge in [-0.15, -0.1) is 6.42 Å². The molecule has 0 aliphatic rings. The lowest BCUT2D eigenvalue weighted by molar-refractivity contribution is 0.152. The van der Waals surface area contributed by atoms with Gasteiger partial charge < -0.3 is 4.74 Å². The molecule has 84 valence electrons. The molecule has 0 aliphatic carbocycles. The second-order valence-corrected chi connectivity index (χ2v) is 3.69. The highest BCUT2D eigenvalue weighted by atomic mass is 35.5. The van der Waals surface area contributed by atoms with E-state index in [2.05, 4.69) is 5.92 Å². The molecule has 1 aromatic carbocycles. The van der Waals surface area contributed by atoms with Crippen LogP contribution in [0.3, 0.4) is 0 Å². The van der Waals surface area contributed by atoms with Crippen LogP contribution in [0.2, 0.25) is 5.02 Å².